The van der Waals surface area contributed by atoms with E-state index in [2.05, 4.69) is 63.1 Å². The SMILES string of the molecule is CC/C(C)=C(/C/C=C/CC(CCCCO)Nc1ccc(OC)cc1)[Si](C)(C)C. The minimum absolute atomic E-state index is 0.270. The first-order valence-electron chi connectivity index (χ1n) is 10.7. The lowest BCUT2D eigenvalue weighted by Gasteiger charge is -2.23. The van der Waals surface area contributed by atoms with Crippen molar-refractivity contribution in [1.29, 1.82) is 0 Å². The number of aliphatic hydroxyl groups excluding tert-OH is 1. The molecule has 0 aliphatic carbocycles. The van der Waals surface area contributed by atoms with Gasteiger partial charge in [-0.1, -0.05) is 49.5 Å². The van der Waals surface area contributed by atoms with Gasteiger partial charge in [0, 0.05) is 18.3 Å². The zero-order valence-corrected chi connectivity index (χ0v) is 19.8. The molecule has 28 heavy (non-hydrogen) atoms. The number of hydrogen-bond donors (Lipinski definition) is 2. The van der Waals surface area contributed by atoms with E-state index >= 15 is 0 Å². The quantitative estimate of drug-likeness (QED) is 0.222. The second-order valence-corrected chi connectivity index (χ2v) is 13.7. The van der Waals surface area contributed by atoms with Gasteiger partial charge >= 0.3 is 0 Å². The Labute approximate surface area is 173 Å². The number of aliphatic hydroxyl groups is 1. The molecule has 158 valence electrons. The Hall–Kier alpha value is -1.52. The zero-order chi connectivity index (χ0) is 21.0. The highest BCUT2D eigenvalue weighted by Crippen LogP contribution is 2.24. The van der Waals surface area contributed by atoms with Gasteiger partial charge in [-0.25, -0.2) is 0 Å². The van der Waals surface area contributed by atoms with Gasteiger partial charge in [-0.3, -0.25) is 0 Å². The summed E-state index contributed by atoms with van der Waals surface area (Å²) in [6.45, 7) is 12.2. The number of rotatable bonds is 13. The third kappa shape index (κ3) is 9.11. The molecule has 0 fully saturated rings. The van der Waals surface area contributed by atoms with Crippen LogP contribution in [0.3, 0.4) is 0 Å². The fourth-order valence-electron chi connectivity index (χ4n) is 3.47. The molecule has 1 unspecified atom stereocenters. The van der Waals surface area contributed by atoms with Crippen molar-refractivity contribution in [3.63, 3.8) is 0 Å². The van der Waals surface area contributed by atoms with Crippen LogP contribution in [0.1, 0.15) is 52.4 Å². The van der Waals surface area contributed by atoms with Crippen molar-refractivity contribution in [3.8, 4) is 5.75 Å². The molecular weight excluding hydrogens is 362 g/mol. The van der Waals surface area contributed by atoms with Crippen LogP contribution in [0.5, 0.6) is 5.75 Å². The molecule has 1 aromatic carbocycles. The lowest BCUT2D eigenvalue weighted by molar-refractivity contribution is 0.282. The van der Waals surface area contributed by atoms with E-state index in [1.165, 1.54) is 0 Å². The molecule has 4 heteroatoms. The molecule has 3 nitrogen and oxygen atoms in total. The number of allylic oxidation sites excluding steroid dienone is 3. The van der Waals surface area contributed by atoms with Gasteiger partial charge in [0.1, 0.15) is 5.75 Å². The number of ether oxygens (including phenoxy) is 1. The molecule has 2 N–H and O–H groups in total. The van der Waals surface area contributed by atoms with Crippen LogP contribution < -0.4 is 10.1 Å². The van der Waals surface area contributed by atoms with Crippen LogP contribution in [-0.2, 0) is 0 Å². The Kier molecular flexibility index (Phi) is 11.2. The maximum Gasteiger partial charge on any atom is 0.119 e. The highest BCUT2D eigenvalue weighted by molar-refractivity contribution is 6.83. The summed E-state index contributed by atoms with van der Waals surface area (Å²) in [5.74, 6) is 0.874. The van der Waals surface area contributed by atoms with Crippen LogP contribution in [0.4, 0.5) is 5.69 Å². The molecule has 1 rings (SSSR count). The van der Waals surface area contributed by atoms with E-state index in [1.54, 1.807) is 17.9 Å². The van der Waals surface area contributed by atoms with Crippen molar-refractivity contribution < 1.29 is 9.84 Å². The Morgan fingerprint density at radius 3 is 2.36 bits per heavy atom. The first-order chi connectivity index (χ1) is 13.3. The third-order valence-electron chi connectivity index (χ3n) is 5.28. The monoisotopic (exact) mass is 403 g/mol. The van der Waals surface area contributed by atoms with E-state index in [1.807, 2.05) is 12.1 Å². The highest BCUT2D eigenvalue weighted by Gasteiger charge is 2.20. The van der Waals surface area contributed by atoms with E-state index in [0.29, 0.717) is 6.04 Å². The maximum atomic E-state index is 9.10. The van der Waals surface area contributed by atoms with Crippen LogP contribution in [0, 0.1) is 0 Å². The van der Waals surface area contributed by atoms with Gasteiger partial charge in [0.2, 0.25) is 0 Å². The molecule has 0 aliphatic heterocycles. The van der Waals surface area contributed by atoms with Gasteiger partial charge in [-0.2, -0.15) is 0 Å². The first kappa shape index (κ1) is 24.5. The van der Waals surface area contributed by atoms with Crippen molar-refractivity contribution in [2.75, 3.05) is 19.0 Å². The lowest BCUT2D eigenvalue weighted by atomic mass is 10.0. The Morgan fingerprint density at radius 1 is 1.14 bits per heavy atom. The predicted octanol–water partition coefficient (Wildman–Crippen LogP) is 6.58. The fourth-order valence-corrected chi connectivity index (χ4v) is 5.66. The molecule has 1 atom stereocenters. The van der Waals surface area contributed by atoms with Gasteiger partial charge in [-0.15, -0.1) is 0 Å². The predicted molar refractivity (Wildman–Crippen MR) is 126 cm³/mol. The van der Waals surface area contributed by atoms with Gasteiger partial charge in [0.15, 0.2) is 0 Å². The average molecular weight is 404 g/mol. The van der Waals surface area contributed by atoms with Crippen LogP contribution >= 0.6 is 0 Å². The van der Waals surface area contributed by atoms with Gasteiger partial charge in [0.25, 0.3) is 0 Å². The van der Waals surface area contributed by atoms with E-state index in [-0.39, 0.29) is 6.61 Å². The van der Waals surface area contributed by atoms with Crippen molar-refractivity contribution in [2.24, 2.45) is 0 Å². The van der Waals surface area contributed by atoms with E-state index in [4.69, 9.17) is 9.84 Å². The smallest absolute Gasteiger partial charge is 0.119 e. The topological polar surface area (TPSA) is 41.5 Å². The van der Waals surface area contributed by atoms with Crippen LogP contribution in [-0.4, -0.2) is 32.9 Å². The van der Waals surface area contributed by atoms with Crippen molar-refractivity contribution in [1.82, 2.24) is 0 Å². The van der Waals surface area contributed by atoms with Crippen LogP contribution in [0.2, 0.25) is 19.6 Å². The normalized spacial score (nSPS) is 14.1. The summed E-state index contributed by atoms with van der Waals surface area (Å²) in [6.07, 6.45) is 10.9. The summed E-state index contributed by atoms with van der Waals surface area (Å²) in [5.41, 5.74) is 2.69. The Morgan fingerprint density at radius 2 is 1.82 bits per heavy atom. The maximum absolute atomic E-state index is 9.10. The van der Waals surface area contributed by atoms with Crippen molar-refractivity contribution in [3.05, 3.63) is 47.2 Å². The second kappa shape index (κ2) is 12.8. The van der Waals surface area contributed by atoms with Gasteiger partial charge < -0.3 is 15.2 Å². The molecular formula is C24H41NO2Si. The first-order valence-corrected chi connectivity index (χ1v) is 14.2. The number of unbranched alkanes of at least 4 members (excludes halogenated alkanes) is 1. The third-order valence-corrected chi connectivity index (χ3v) is 7.72. The molecule has 0 heterocycles. The molecule has 0 radical (unpaired) electrons. The minimum atomic E-state index is -1.27. The summed E-state index contributed by atoms with van der Waals surface area (Å²) < 4.78 is 5.24. The molecule has 0 aromatic heterocycles. The average Bonchev–Trinajstić information content (AvgIpc) is 2.66. The van der Waals surface area contributed by atoms with E-state index in [9.17, 15) is 0 Å². The number of hydrogen-bond acceptors (Lipinski definition) is 3. The largest absolute Gasteiger partial charge is 0.497 e. The van der Waals surface area contributed by atoms with Crippen molar-refractivity contribution in [2.45, 2.75) is 78.1 Å². The highest BCUT2D eigenvalue weighted by atomic mass is 28.3. The van der Waals surface area contributed by atoms with Crippen LogP contribution in [0.25, 0.3) is 0 Å². The zero-order valence-electron chi connectivity index (χ0n) is 18.8. The summed E-state index contributed by atoms with van der Waals surface area (Å²) in [5, 5.41) is 14.4. The molecule has 0 spiro atoms. The summed E-state index contributed by atoms with van der Waals surface area (Å²) in [4.78, 5) is 0. The Bertz CT molecular complexity index is 614. The second-order valence-electron chi connectivity index (χ2n) is 8.56. The number of anilines is 1. The molecule has 0 amide bonds. The summed E-state index contributed by atoms with van der Waals surface area (Å²) in [6, 6.07) is 8.49. The lowest BCUT2D eigenvalue weighted by Crippen LogP contribution is -2.25. The van der Waals surface area contributed by atoms with Gasteiger partial charge in [0.05, 0.1) is 15.2 Å². The molecule has 0 aliphatic rings. The fraction of sp³-hybridized carbons (Fsp3) is 0.583. The minimum Gasteiger partial charge on any atom is -0.497 e. The Balaban J connectivity index is 2.73. The molecule has 0 saturated carbocycles. The molecule has 0 saturated heterocycles. The number of nitrogens with one attached hydrogen (secondary N) is 1. The van der Waals surface area contributed by atoms with Crippen molar-refractivity contribution >= 4 is 13.8 Å². The van der Waals surface area contributed by atoms with E-state index in [0.717, 1.165) is 50.0 Å². The van der Waals surface area contributed by atoms with E-state index < -0.39 is 8.07 Å². The van der Waals surface area contributed by atoms with Gasteiger partial charge in [-0.05, 0) is 69.7 Å². The van der Waals surface area contributed by atoms with Crippen LogP contribution in [0.15, 0.2) is 47.2 Å². The molecule has 0 bridgehead atoms. The molecule has 1 aromatic rings. The summed E-state index contributed by atoms with van der Waals surface area (Å²) >= 11 is 0. The number of methoxy groups -OCH3 is 1. The number of benzene rings is 1. The summed E-state index contributed by atoms with van der Waals surface area (Å²) in [7, 11) is 0.418. The standard InChI is InChI=1S/C24H41NO2Si/c1-7-20(2)24(28(4,5)6)14-9-8-12-21(13-10-11-19-26)25-22-15-17-23(27-3)18-16-22/h8-9,15-18,21,25-26H,7,10-14,19H2,1-6H3/b9-8+,24-20-.